The third kappa shape index (κ3) is 12.0. The lowest BCUT2D eigenvalue weighted by Crippen LogP contribution is -2.53. The van der Waals surface area contributed by atoms with Crippen molar-refractivity contribution in [2.24, 2.45) is 0 Å². The largest absolute Gasteiger partial charge is 0.458 e. The molecule has 0 spiro atoms. The van der Waals surface area contributed by atoms with Crippen molar-refractivity contribution in [2.45, 2.75) is 97.1 Å². The van der Waals surface area contributed by atoms with Crippen molar-refractivity contribution in [3.63, 3.8) is 0 Å². The molecule has 3 atom stereocenters. The van der Waals surface area contributed by atoms with Gasteiger partial charge in [-0.25, -0.2) is 9.59 Å². The van der Waals surface area contributed by atoms with Crippen LogP contribution in [0.4, 0.5) is 4.79 Å². The molecule has 0 radical (unpaired) electrons. The number of benzene rings is 1. The summed E-state index contributed by atoms with van der Waals surface area (Å²) in [6.07, 6.45) is -0.580. The van der Waals surface area contributed by atoms with E-state index in [-0.39, 0.29) is 0 Å². The molecule has 36 heavy (non-hydrogen) atoms. The summed E-state index contributed by atoms with van der Waals surface area (Å²) in [7, 11) is 0. The van der Waals surface area contributed by atoms with Gasteiger partial charge in [0.2, 0.25) is 5.91 Å². The van der Waals surface area contributed by atoms with Crippen LogP contribution in [0.1, 0.15) is 79.3 Å². The van der Waals surface area contributed by atoms with Crippen molar-refractivity contribution in [2.75, 3.05) is 6.54 Å². The second-order valence-electron chi connectivity index (χ2n) is 10.5. The van der Waals surface area contributed by atoms with Crippen molar-refractivity contribution in [1.29, 1.82) is 0 Å². The molecule has 0 saturated heterocycles. The van der Waals surface area contributed by atoms with E-state index in [2.05, 4.69) is 16.0 Å². The molecule has 202 valence electrons. The van der Waals surface area contributed by atoms with Crippen molar-refractivity contribution in [1.82, 2.24) is 16.0 Å². The standard InChI is InChI=1S/C26H41N3O7/c1-8-9-15-18(28-24(34)36-26(5,6)7)21(31)22(32)27-16-19(30)29-20(17-13-11-10-12-14-17)23(33)35-25(2,3)4/h10-14,18,20-21,31H,8-9,15-16H2,1-7H3,(H,27,32)(H,28,34)(H,29,30). The number of rotatable bonds is 11. The summed E-state index contributed by atoms with van der Waals surface area (Å²) in [6, 6.07) is 6.61. The molecule has 1 aromatic carbocycles. The Labute approximate surface area is 213 Å². The van der Waals surface area contributed by atoms with E-state index in [0.29, 0.717) is 18.4 Å². The van der Waals surface area contributed by atoms with Crippen LogP contribution in [0.2, 0.25) is 0 Å². The van der Waals surface area contributed by atoms with Crippen molar-refractivity contribution >= 4 is 23.9 Å². The first kappa shape index (κ1) is 30.9. The number of carbonyl (C=O) groups excluding carboxylic acids is 4. The van der Waals surface area contributed by atoms with E-state index in [1.165, 1.54) is 0 Å². The summed E-state index contributed by atoms with van der Waals surface area (Å²) in [6.45, 7) is 11.7. The lowest BCUT2D eigenvalue weighted by atomic mass is 10.0. The SMILES string of the molecule is CCCCC(NC(=O)OC(C)(C)C)C(O)C(=O)NCC(=O)NC(C(=O)OC(C)(C)C)c1ccccc1. The summed E-state index contributed by atoms with van der Waals surface area (Å²) >= 11 is 0. The van der Waals surface area contributed by atoms with E-state index in [1.54, 1.807) is 71.9 Å². The Bertz CT molecular complexity index is 876. The van der Waals surface area contributed by atoms with Gasteiger partial charge in [0.25, 0.3) is 5.91 Å². The molecular weight excluding hydrogens is 466 g/mol. The third-order valence-electron chi connectivity index (χ3n) is 4.72. The highest BCUT2D eigenvalue weighted by Gasteiger charge is 2.31. The number of esters is 1. The van der Waals surface area contributed by atoms with Gasteiger partial charge in [-0.1, -0.05) is 50.1 Å². The second-order valence-corrected chi connectivity index (χ2v) is 10.5. The number of unbranched alkanes of at least 4 members (excludes halogenated alkanes) is 1. The molecule has 0 saturated carbocycles. The molecule has 0 heterocycles. The van der Waals surface area contributed by atoms with Gasteiger partial charge in [0.15, 0.2) is 12.1 Å². The fourth-order valence-electron chi connectivity index (χ4n) is 3.14. The first-order valence-electron chi connectivity index (χ1n) is 12.2. The molecule has 0 aliphatic rings. The minimum absolute atomic E-state index is 0.339. The van der Waals surface area contributed by atoms with Crippen LogP contribution in [-0.2, 0) is 23.9 Å². The number of aliphatic hydroxyl groups excluding tert-OH is 1. The summed E-state index contributed by atoms with van der Waals surface area (Å²) in [5.41, 5.74) is -0.983. The Morgan fingerprint density at radius 2 is 1.50 bits per heavy atom. The van der Waals surface area contributed by atoms with E-state index in [4.69, 9.17) is 9.47 Å². The van der Waals surface area contributed by atoms with Crippen LogP contribution in [0.15, 0.2) is 30.3 Å². The van der Waals surface area contributed by atoms with Gasteiger partial charge in [0, 0.05) is 0 Å². The second kappa shape index (κ2) is 13.8. The Balaban J connectivity index is 2.81. The van der Waals surface area contributed by atoms with Crippen LogP contribution < -0.4 is 16.0 Å². The van der Waals surface area contributed by atoms with Gasteiger partial charge in [-0.2, -0.15) is 0 Å². The quantitative estimate of drug-likeness (QED) is 0.337. The predicted octanol–water partition coefficient (Wildman–Crippen LogP) is 2.75. The van der Waals surface area contributed by atoms with Gasteiger partial charge in [0.1, 0.15) is 11.2 Å². The molecule has 0 aliphatic heterocycles. The molecule has 10 heteroatoms. The van der Waals surface area contributed by atoms with Crippen LogP contribution in [0.3, 0.4) is 0 Å². The Morgan fingerprint density at radius 3 is 2.03 bits per heavy atom. The highest BCUT2D eigenvalue weighted by Crippen LogP contribution is 2.18. The van der Waals surface area contributed by atoms with Crippen LogP contribution in [-0.4, -0.2) is 58.9 Å². The third-order valence-corrected chi connectivity index (χ3v) is 4.72. The summed E-state index contributed by atoms with van der Waals surface area (Å²) in [5, 5.41) is 18.0. The molecule has 0 aromatic heterocycles. The highest BCUT2D eigenvalue weighted by molar-refractivity contribution is 5.90. The van der Waals surface area contributed by atoms with E-state index >= 15 is 0 Å². The average molecular weight is 508 g/mol. The van der Waals surface area contributed by atoms with Crippen LogP contribution in [0.5, 0.6) is 0 Å². The number of carbonyl (C=O) groups is 4. The maximum absolute atomic E-state index is 12.7. The fraction of sp³-hybridized carbons (Fsp3) is 0.615. The molecular formula is C26H41N3O7. The molecule has 1 rings (SSSR count). The van der Waals surface area contributed by atoms with Gasteiger partial charge in [-0.15, -0.1) is 0 Å². The summed E-state index contributed by atoms with van der Waals surface area (Å²) in [5.74, 6) is -2.13. The zero-order chi connectivity index (χ0) is 27.5. The average Bonchev–Trinajstić information content (AvgIpc) is 2.76. The normalized spacial score (nSPS) is 14.1. The minimum Gasteiger partial charge on any atom is -0.458 e. The van der Waals surface area contributed by atoms with E-state index in [1.807, 2.05) is 6.92 Å². The maximum Gasteiger partial charge on any atom is 0.407 e. The lowest BCUT2D eigenvalue weighted by molar-refractivity contribution is -0.158. The summed E-state index contributed by atoms with van der Waals surface area (Å²) in [4.78, 5) is 50.0. The van der Waals surface area contributed by atoms with Gasteiger partial charge in [0.05, 0.1) is 12.6 Å². The number of hydrogen-bond acceptors (Lipinski definition) is 7. The monoisotopic (exact) mass is 507 g/mol. The number of aliphatic hydroxyl groups is 1. The topological polar surface area (TPSA) is 143 Å². The van der Waals surface area contributed by atoms with Crippen molar-refractivity contribution in [3.8, 4) is 0 Å². The van der Waals surface area contributed by atoms with Gasteiger partial charge in [-0.05, 0) is 53.5 Å². The first-order chi connectivity index (χ1) is 16.6. The number of hydrogen-bond donors (Lipinski definition) is 4. The predicted molar refractivity (Wildman–Crippen MR) is 135 cm³/mol. The Morgan fingerprint density at radius 1 is 0.917 bits per heavy atom. The molecule has 3 unspecified atom stereocenters. The molecule has 0 fully saturated rings. The molecule has 10 nitrogen and oxygen atoms in total. The fourth-order valence-corrected chi connectivity index (χ4v) is 3.14. The molecule has 3 amide bonds. The lowest BCUT2D eigenvalue weighted by Gasteiger charge is -2.26. The minimum atomic E-state index is -1.60. The van der Waals surface area contributed by atoms with Gasteiger partial charge < -0.3 is 30.5 Å². The van der Waals surface area contributed by atoms with Crippen LogP contribution >= 0.6 is 0 Å². The Hall–Kier alpha value is -3.14. The number of amides is 3. The zero-order valence-corrected chi connectivity index (χ0v) is 22.3. The van der Waals surface area contributed by atoms with E-state index < -0.39 is 59.8 Å². The number of alkyl carbamates (subject to hydrolysis) is 1. The smallest absolute Gasteiger partial charge is 0.407 e. The van der Waals surface area contributed by atoms with Crippen LogP contribution in [0, 0.1) is 0 Å². The van der Waals surface area contributed by atoms with E-state index in [0.717, 1.165) is 6.42 Å². The highest BCUT2D eigenvalue weighted by atomic mass is 16.6. The number of nitrogens with one attached hydrogen (secondary N) is 3. The van der Waals surface area contributed by atoms with Gasteiger partial charge >= 0.3 is 12.1 Å². The summed E-state index contributed by atoms with van der Waals surface area (Å²) < 4.78 is 10.6. The molecule has 0 aliphatic carbocycles. The maximum atomic E-state index is 12.7. The van der Waals surface area contributed by atoms with E-state index in [9.17, 15) is 24.3 Å². The van der Waals surface area contributed by atoms with Crippen molar-refractivity contribution < 1.29 is 33.8 Å². The molecule has 1 aromatic rings. The zero-order valence-electron chi connectivity index (χ0n) is 22.3. The first-order valence-corrected chi connectivity index (χ1v) is 12.2. The Kier molecular flexibility index (Phi) is 11.9. The van der Waals surface area contributed by atoms with Crippen molar-refractivity contribution in [3.05, 3.63) is 35.9 Å². The van der Waals surface area contributed by atoms with Gasteiger partial charge in [-0.3, -0.25) is 9.59 Å². The molecule has 4 N–H and O–H groups in total. The van der Waals surface area contributed by atoms with Crippen LogP contribution in [0.25, 0.3) is 0 Å². The number of ether oxygens (including phenoxy) is 2. The molecule has 0 bridgehead atoms.